The number of amides is 1. The molecule has 216 valence electrons. The van der Waals surface area contributed by atoms with Crippen LogP contribution in [-0.2, 0) is 4.74 Å². The number of halogens is 2. The fourth-order valence-electron chi connectivity index (χ4n) is 4.39. The van der Waals surface area contributed by atoms with Crippen LogP contribution in [0.1, 0.15) is 58.9 Å². The minimum Gasteiger partial charge on any atom is -0.444 e. The molecule has 1 saturated heterocycles. The van der Waals surface area contributed by atoms with E-state index in [0.717, 1.165) is 37.4 Å². The highest BCUT2D eigenvalue weighted by molar-refractivity contribution is 14.1. The van der Waals surface area contributed by atoms with E-state index in [4.69, 9.17) is 21.3 Å². The highest BCUT2D eigenvalue weighted by atomic mass is 127. The number of aliphatic hydroxyl groups is 1. The summed E-state index contributed by atoms with van der Waals surface area (Å²) in [5, 5.41) is 21.5. The molecular weight excluding hydrogens is 744 g/mol. The van der Waals surface area contributed by atoms with Gasteiger partial charge in [-0.2, -0.15) is 10.2 Å². The third kappa shape index (κ3) is 7.36. The van der Waals surface area contributed by atoms with E-state index in [1.807, 2.05) is 25.5 Å². The highest BCUT2D eigenvalue weighted by Crippen LogP contribution is 2.29. The zero-order valence-corrected chi connectivity index (χ0v) is 26.8. The molecule has 14 nitrogen and oxygen atoms in total. The Bertz CT molecular complexity index is 1460. The number of hydrogen-bond donors (Lipinski definition) is 4. The van der Waals surface area contributed by atoms with Crippen LogP contribution in [0.25, 0.3) is 22.1 Å². The minimum absolute atomic E-state index is 0.0463. The first kappa shape index (κ1) is 30.4. The van der Waals surface area contributed by atoms with Gasteiger partial charge in [0, 0.05) is 13.1 Å². The molecule has 1 saturated carbocycles. The van der Waals surface area contributed by atoms with Crippen LogP contribution in [0.3, 0.4) is 0 Å². The Balaban J connectivity index is 0.000000177. The number of carbonyl (C=O) groups excluding carboxylic acids is 1. The first-order chi connectivity index (χ1) is 18.9. The smallest absolute Gasteiger partial charge is 0.410 e. The van der Waals surface area contributed by atoms with Crippen molar-refractivity contribution in [3.63, 3.8) is 0 Å². The van der Waals surface area contributed by atoms with Crippen LogP contribution in [0.2, 0.25) is 0 Å². The molecule has 5 heterocycles. The molecule has 1 atom stereocenters. The summed E-state index contributed by atoms with van der Waals surface area (Å²) in [6.07, 6.45) is 7.95. The second kappa shape index (κ2) is 12.9. The van der Waals surface area contributed by atoms with Crippen molar-refractivity contribution >= 4 is 85.0 Å². The lowest BCUT2D eigenvalue weighted by atomic mass is 10.2. The summed E-state index contributed by atoms with van der Waals surface area (Å²) in [4.78, 5) is 30.0. The minimum atomic E-state index is -0.495. The Hall–Kier alpha value is -2.61. The van der Waals surface area contributed by atoms with Gasteiger partial charge in [0.25, 0.3) is 0 Å². The number of hydrogen-bond acceptors (Lipinski definition) is 11. The lowest BCUT2D eigenvalue weighted by Crippen LogP contribution is -2.35. The first-order valence-corrected chi connectivity index (χ1v) is 15.0. The fourth-order valence-corrected chi connectivity index (χ4v) is 5.78. The number of fused-ring (bicyclic) bond motifs is 2. The SMILES string of the molecule is CC(C)(C)OC(=O)N1CC[C@H](n2nc(I)c3c(N)ncnc32)C1.Nc1ncnc2n[nH]c(I)c12.OC1CCCC1. The van der Waals surface area contributed by atoms with E-state index in [-0.39, 0.29) is 18.2 Å². The number of aliphatic hydroxyl groups excluding tert-OH is 1. The molecule has 1 amide bonds. The van der Waals surface area contributed by atoms with Crippen LogP contribution in [-0.4, -0.2) is 80.8 Å². The van der Waals surface area contributed by atoms with Crippen molar-refractivity contribution in [1.29, 1.82) is 0 Å². The van der Waals surface area contributed by atoms with E-state index in [9.17, 15) is 4.79 Å². The van der Waals surface area contributed by atoms with E-state index in [0.29, 0.717) is 36.0 Å². The normalized spacial score (nSPS) is 17.4. The standard InChI is InChI=1S/C14H19IN6O2.C5H4IN5.C5H10O/c1-14(2,3)23-13(22)20-5-4-8(6-20)21-12-9(10(15)19-21)11(16)17-7-18-12;6-3-2-4(7)8-1-9-5(2)11-10-3;6-5-3-1-2-4-5/h7-8H,4-6H2,1-3H3,(H2,16,17,18);1H,(H3,7,8,9,10,11);5-6H,1-4H2/t8-;;/m0../s1. The van der Waals surface area contributed by atoms with Crippen molar-refractivity contribution in [2.75, 3.05) is 24.6 Å². The number of anilines is 2. The number of nitrogens with one attached hydrogen (secondary N) is 1. The van der Waals surface area contributed by atoms with Gasteiger partial charge in [-0.1, -0.05) is 12.8 Å². The Labute approximate surface area is 258 Å². The van der Waals surface area contributed by atoms with Crippen LogP contribution >= 0.6 is 45.2 Å². The van der Waals surface area contributed by atoms with Gasteiger partial charge in [-0.05, 0) is 85.2 Å². The molecule has 16 heteroatoms. The molecule has 0 radical (unpaired) electrons. The Morgan fingerprint density at radius 2 is 1.70 bits per heavy atom. The summed E-state index contributed by atoms with van der Waals surface area (Å²) >= 11 is 4.23. The summed E-state index contributed by atoms with van der Waals surface area (Å²) in [6, 6.07) is 0.0582. The summed E-state index contributed by atoms with van der Waals surface area (Å²) in [6.45, 7) is 6.77. The number of likely N-dealkylation sites (tertiary alicyclic amines) is 1. The highest BCUT2D eigenvalue weighted by Gasteiger charge is 2.32. The van der Waals surface area contributed by atoms with Crippen LogP contribution in [0.4, 0.5) is 16.4 Å². The zero-order chi connectivity index (χ0) is 29.0. The predicted octanol–water partition coefficient (Wildman–Crippen LogP) is 3.66. The second-order valence-electron chi connectivity index (χ2n) is 10.5. The number of aromatic amines is 1. The summed E-state index contributed by atoms with van der Waals surface area (Å²) < 4.78 is 8.92. The molecule has 0 spiro atoms. The van der Waals surface area contributed by atoms with Crippen LogP contribution in [0.15, 0.2) is 12.7 Å². The zero-order valence-electron chi connectivity index (χ0n) is 22.5. The van der Waals surface area contributed by atoms with Gasteiger partial charge in [-0.15, -0.1) is 0 Å². The topological polar surface area (TPSA) is 200 Å². The fraction of sp³-hybridized carbons (Fsp3) is 0.542. The molecule has 0 unspecified atom stereocenters. The van der Waals surface area contributed by atoms with Crippen molar-refractivity contribution in [3.05, 3.63) is 20.1 Å². The van der Waals surface area contributed by atoms with Crippen molar-refractivity contribution in [2.45, 2.75) is 70.6 Å². The predicted molar refractivity (Wildman–Crippen MR) is 167 cm³/mol. The molecule has 4 aromatic heterocycles. The van der Waals surface area contributed by atoms with E-state index in [2.05, 4.69) is 80.4 Å². The third-order valence-electron chi connectivity index (χ3n) is 6.30. The summed E-state index contributed by atoms with van der Waals surface area (Å²) in [7, 11) is 0. The van der Waals surface area contributed by atoms with E-state index in [1.54, 1.807) is 4.90 Å². The maximum absolute atomic E-state index is 12.2. The Morgan fingerprint density at radius 1 is 1.05 bits per heavy atom. The third-order valence-corrected chi connectivity index (χ3v) is 7.83. The number of nitrogen functional groups attached to an aromatic ring is 2. The van der Waals surface area contributed by atoms with E-state index in [1.165, 1.54) is 25.5 Å². The van der Waals surface area contributed by atoms with Gasteiger partial charge in [0.15, 0.2) is 11.3 Å². The monoisotopic (exact) mass is 777 g/mol. The Kier molecular flexibility index (Phi) is 9.80. The van der Waals surface area contributed by atoms with Crippen molar-refractivity contribution in [2.24, 2.45) is 0 Å². The average molecular weight is 777 g/mol. The maximum atomic E-state index is 12.2. The number of H-pyrrole nitrogens is 1. The number of aromatic nitrogens is 8. The summed E-state index contributed by atoms with van der Waals surface area (Å²) in [5.74, 6) is 0.890. The molecule has 2 aliphatic rings. The first-order valence-electron chi connectivity index (χ1n) is 12.8. The van der Waals surface area contributed by atoms with Gasteiger partial charge in [0.05, 0.1) is 22.9 Å². The second-order valence-corrected chi connectivity index (χ2v) is 12.6. The summed E-state index contributed by atoms with van der Waals surface area (Å²) in [5.41, 5.74) is 12.3. The molecule has 1 aliphatic carbocycles. The van der Waals surface area contributed by atoms with Crippen LogP contribution in [0.5, 0.6) is 0 Å². The molecular formula is C24H33I2N11O3. The number of nitrogens with two attached hydrogens (primary N) is 2. The molecule has 6 N–H and O–H groups in total. The van der Waals surface area contributed by atoms with Crippen LogP contribution in [0, 0.1) is 7.40 Å². The molecule has 2 fully saturated rings. The quantitative estimate of drug-likeness (QED) is 0.206. The molecule has 6 rings (SSSR count). The number of nitrogens with zero attached hydrogens (tertiary/aromatic N) is 8. The van der Waals surface area contributed by atoms with Gasteiger partial charge in [-0.3, -0.25) is 5.10 Å². The van der Waals surface area contributed by atoms with Crippen molar-refractivity contribution in [1.82, 2.24) is 44.8 Å². The number of carbonyl (C=O) groups is 1. The number of ether oxygens (including phenoxy) is 1. The maximum Gasteiger partial charge on any atom is 0.410 e. The largest absolute Gasteiger partial charge is 0.444 e. The molecule has 40 heavy (non-hydrogen) atoms. The number of rotatable bonds is 1. The van der Waals surface area contributed by atoms with E-state index >= 15 is 0 Å². The van der Waals surface area contributed by atoms with E-state index < -0.39 is 5.60 Å². The van der Waals surface area contributed by atoms with Gasteiger partial charge in [0.1, 0.15) is 37.3 Å². The molecule has 1 aliphatic heterocycles. The van der Waals surface area contributed by atoms with Gasteiger partial charge >= 0.3 is 6.09 Å². The lowest BCUT2D eigenvalue weighted by Gasteiger charge is -2.24. The average Bonchev–Trinajstić information content (AvgIpc) is 3.68. The Morgan fingerprint density at radius 3 is 2.30 bits per heavy atom. The lowest BCUT2D eigenvalue weighted by molar-refractivity contribution is 0.0288. The molecule has 0 aromatic carbocycles. The van der Waals surface area contributed by atoms with Crippen molar-refractivity contribution in [3.8, 4) is 0 Å². The molecule has 4 aromatic rings. The van der Waals surface area contributed by atoms with Gasteiger partial charge in [-0.25, -0.2) is 29.4 Å². The van der Waals surface area contributed by atoms with Gasteiger partial charge in [0.2, 0.25) is 0 Å². The molecule has 0 bridgehead atoms. The van der Waals surface area contributed by atoms with Gasteiger partial charge < -0.3 is 26.2 Å². The van der Waals surface area contributed by atoms with Crippen LogP contribution < -0.4 is 11.5 Å². The van der Waals surface area contributed by atoms with Crippen molar-refractivity contribution < 1.29 is 14.6 Å².